The first-order chi connectivity index (χ1) is 13.0. The van der Waals surface area contributed by atoms with Gasteiger partial charge in [0.05, 0.1) is 12.2 Å². The van der Waals surface area contributed by atoms with Crippen LogP contribution in [0, 0.1) is 6.92 Å². The molecule has 27 heavy (non-hydrogen) atoms. The topological polar surface area (TPSA) is 42.4 Å². The molecular weight excluding hydrogens is 356 g/mol. The molecule has 0 unspecified atom stereocenters. The molecule has 0 N–H and O–H groups in total. The van der Waals surface area contributed by atoms with Gasteiger partial charge in [0, 0.05) is 17.0 Å². The first kappa shape index (κ1) is 19.1. The van der Waals surface area contributed by atoms with Crippen LogP contribution in [-0.4, -0.2) is 21.8 Å². The van der Waals surface area contributed by atoms with E-state index in [2.05, 4.69) is 4.98 Å². The number of hydrogen-bond acceptors (Lipinski definition) is 4. The number of carbonyl (C=O) groups is 1. The third-order valence-electron chi connectivity index (χ3n) is 4.22. The van der Waals surface area contributed by atoms with E-state index in [0.29, 0.717) is 18.7 Å². The Kier molecular flexibility index (Phi) is 6.24. The molecule has 3 rings (SSSR count). The lowest BCUT2D eigenvalue weighted by Crippen LogP contribution is -2.36. The van der Waals surface area contributed by atoms with Crippen LogP contribution in [0.1, 0.15) is 40.5 Å². The highest BCUT2D eigenvalue weighted by Crippen LogP contribution is 2.18. The number of hydrogen-bond donors (Lipinski definition) is 0. The second-order valence-corrected chi connectivity index (χ2v) is 7.67. The van der Waals surface area contributed by atoms with E-state index in [4.69, 9.17) is 4.74 Å². The van der Waals surface area contributed by atoms with Crippen molar-refractivity contribution in [1.29, 1.82) is 0 Å². The molecule has 0 aliphatic heterocycles. The van der Waals surface area contributed by atoms with Gasteiger partial charge in [0.15, 0.2) is 0 Å². The normalized spacial score (nSPS) is 10.8. The summed E-state index contributed by atoms with van der Waals surface area (Å²) in [5.74, 6) is 0.854. The molecule has 0 radical (unpaired) electrons. The number of thiazole rings is 1. The van der Waals surface area contributed by atoms with E-state index >= 15 is 0 Å². The van der Waals surface area contributed by atoms with Crippen molar-refractivity contribution in [2.24, 2.45) is 0 Å². The smallest absolute Gasteiger partial charge is 0.254 e. The standard InChI is InChI=1S/C22H24N2O2S/c1-16(2)24(22(25)18-11-9-17(3)10-12-18)13-19-15-27-21(23-19)14-26-20-7-5-4-6-8-20/h4-12,15-16H,13-14H2,1-3H3. The minimum absolute atomic E-state index is 0.0279. The molecule has 1 aromatic heterocycles. The largest absolute Gasteiger partial charge is 0.486 e. The van der Waals surface area contributed by atoms with E-state index in [0.717, 1.165) is 22.0 Å². The summed E-state index contributed by atoms with van der Waals surface area (Å²) in [5.41, 5.74) is 2.74. The Hall–Kier alpha value is -2.66. The summed E-state index contributed by atoms with van der Waals surface area (Å²) in [4.78, 5) is 19.4. The van der Waals surface area contributed by atoms with Crippen molar-refractivity contribution in [3.05, 3.63) is 81.8 Å². The third kappa shape index (κ3) is 5.17. The molecule has 4 nitrogen and oxygen atoms in total. The van der Waals surface area contributed by atoms with E-state index in [1.165, 1.54) is 0 Å². The highest BCUT2D eigenvalue weighted by molar-refractivity contribution is 7.09. The van der Waals surface area contributed by atoms with Crippen molar-refractivity contribution < 1.29 is 9.53 Å². The quantitative estimate of drug-likeness (QED) is 0.574. The number of benzene rings is 2. The summed E-state index contributed by atoms with van der Waals surface area (Å²) < 4.78 is 5.75. The second-order valence-electron chi connectivity index (χ2n) is 6.73. The highest BCUT2D eigenvalue weighted by atomic mass is 32.1. The van der Waals surface area contributed by atoms with Crippen LogP contribution < -0.4 is 4.74 Å². The molecule has 0 spiro atoms. The lowest BCUT2D eigenvalue weighted by molar-refractivity contribution is 0.0688. The van der Waals surface area contributed by atoms with Gasteiger partial charge in [-0.2, -0.15) is 0 Å². The van der Waals surface area contributed by atoms with E-state index in [9.17, 15) is 4.79 Å². The Morgan fingerprint density at radius 1 is 1.11 bits per heavy atom. The van der Waals surface area contributed by atoms with Crippen LogP contribution in [0.3, 0.4) is 0 Å². The summed E-state index contributed by atoms with van der Waals surface area (Å²) in [6.45, 7) is 6.99. The lowest BCUT2D eigenvalue weighted by atomic mass is 10.1. The summed E-state index contributed by atoms with van der Waals surface area (Å²) in [7, 11) is 0. The Morgan fingerprint density at radius 2 is 1.81 bits per heavy atom. The van der Waals surface area contributed by atoms with Gasteiger partial charge in [-0.25, -0.2) is 4.98 Å². The fraction of sp³-hybridized carbons (Fsp3) is 0.273. The maximum atomic E-state index is 12.9. The van der Waals surface area contributed by atoms with Gasteiger partial charge in [-0.05, 0) is 45.0 Å². The molecule has 0 aliphatic rings. The predicted octanol–water partition coefficient (Wildman–Crippen LogP) is 5.08. The van der Waals surface area contributed by atoms with Crippen LogP contribution in [0.2, 0.25) is 0 Å². The van der Waals surface area contributed by atoms with Crippen molar-refractivity contribution in [2.45, 2.75) is 40.0 Å². The summed E-state index contributed by atoms with van der Waals surface area (Å²) in [6, 6.07) is 17.5. The molecule has 2 aromatic carbocycles. The maximum Gasteiger partial charge on any atom is 0.254 e. The average molecular weight is 381 g/mol. The zero-order valence-corrected chi connectivity index (χ0v) is 16.7. The molecule has 140 valence electrons. The molecular formula is C22H24N2O2S. The van der Waals surface area contributed by atoms with Gasteiger partial charge in [0.25, 0.3) is 5.91 Å². The van der Waals surface area contributed by atoms with Crippen molar-refractivity contribution in [3.63, 3.8) is 0 Å². The van der Waals surface area contributed by atoms with Gasteiger partial charge in [0.1, 0.15) is 17.4 Å². The second kappa shape index (κ2) is 8.82. The van der Waals surface area contributed by atoms with E-state index in [-0.39, 0.29) is 11.9 Å². The Morgan fingerprint density at radius 3 is 2.48 bits per heavy atom. The van der Waals surface area contributed by atoms with Gasteiger partial charge in [-0.15, -0.1) is 11.3 Å². The lowest BCUT2D eigenvalue weighted by Gasteiger charge is -2.26. The number of rotatable bonds is 7. The molecule has 5 heteroatoms. The maximum absolute atomic E-state index is 12.9. The van der Waals surface area contributed by atoms with Crippen LogP contribution in [0.15, 0.2) is 60.0 Å². The fourth-order valence-electron chi connectivity index (χ4n) is 2.68. The fourth-order valence-corrected chi connectivity index (χ4v) is 3.37. The first-order valence-corrected chi connectivity index (χ1v) is 9.89. The van der Waals surface area contributed by atoms with Crippen molar-refractivity contribution in [2.75, 3.05) is 0 Å². The minimum Gasteiger partial charge on any atom is -0.486 e. The number of para-hydroxylation sites is 1. The zero-order valence-electron chi connectivity index (χ0n) is 15.9. The highest BCUT2D eigenvalue weighted by Gasteiger charge is 2.20. The summed E-state index contributed by atoms with van der Waals surface area (Å²) in [5, 5.41) is 2.90. The first-order valence-electron chi connectivity index (χ1n) is 9.01. The van der Waals surface area contributed by atoms with E-state index in [1.807, 2.05) is 85.6 Å². The molecule has 0 aliphatic carbocycles. The number of amides is 1. The van der Waals surface area contributed by atoms with Gasteiger partial charge in [-0.1, -0.05) is 35.9 Å². The van der Waals surface area contributed by atoms with Gasteiger partial charge < -0.3 is 9.64 Å². The number of carbonyl (C=O) groups excluding carboxylic acids is 1. The van der Waals surface area contributed by atoms with Crippen molar-refractivity contribution >= 4 is 17.2 Å². The Balaban J connectivity index is 1.65. The third-order valence-corrected chi connectivity index (χ3v) is 5.09. The van der Waals surface area contributed by atoms with Crippen LogP contribution in [0.4, 0.5) is 0 Å². The molecule has 0 fully saturated rings. The van der Waals surface area contributed by atoms with E-state index in [1.54, 1.807) is 11.3 Å². The summed E-state index contributed by atoms with van der Waals surface area (Å²) in [6.07, 6.45) is 0. The average Bonchev–Trinajstić information content (AvgIpc) is 3.13. The predicted molar refractivity (Wildman–Crippen MR) is 109 cm³/mol. The van der Waals surface area contributed by atoms with Gasteiger partial charge in [0.2, 0.25) is 0 Å². The molecule has 0 atom stereocenters. The SMILES string of the molecule is Cc1ccc(C(=O)N(Cc2csc(COc3ccccc3)n2)C(C)C)cc1. The van der Waals surface area contributed by atoms with Crippen LogP contribution in [-0.2, 0) is 13.2 Å². The molecule has 1 heterocycles. The number of aromatic nitrogens is 1. The minimum atomic E-state index is 0.0279. The number of aryl methyl sites for hydroxylation is 1. The Bertz CT molecular complexity index is 873. The molecule has 0 saturated heterocycles. The summed E-state index contributed by atoms with van der Waals surface area (Å²) >= 11 is 1.56. The van der Waals surface area contributed by atoms with Crippen molar-refractivity contribution in [3.8, 4) is 5.75 Å². The van der Waals surface area contributed by atoms with Crippen LogP contribution >= 0.6 is 11.3 Å². The number of nitrogens with zero attached hydrogens (tertiary/aromatic N) is 2. The Labute approximate surface area is 164 Å². The van der Waals surface area contributed by atoms with Gasteiger partial charge in [-0.3, -0.25) is 4.79 Å². The van der Waals surface area contributed by atoms with Crippen molar-refractivity contribution in [1.82, 2.24) is 9.88 Å². The molecule has 3 aromatic rings. The molecule has 1 amide bonds. The number of ether oxygens (including phenoxy) is 1. The van der Waals surface area contributed by atoms with E-state index < -0.39 is 0 Å². The van der Waals surface area contributed by atoms with Crippen LogP contribution in [0.25, 0.3) is 0 Å². The van der Waals surface area contributed by atoms with Crippen LogP contribution in [0.5, 0.6) is 5.75 Å². The molecule has 0 bridgehead atoms. The van der Waals surface area contributed by atoms with Gasteiger partial charge >= 0.3 is 0 Å². The molecule has 0 saturated carbocycles. The zero-order chi connectivity index (χ0) is 19.2. The monoisotopic (exact) mass is 380 g/mol.